The maximum absolute atomic E-state index is 5.58. The first-order chi connectivity index (χ1) is 10.8. The zero-order valence-electron chi connectivity index (χ0n) is 13.5. The van der Waals surface area contributed by atoms with Crippen LogP contribution in [0.15, 0.2) is 30.3 Å². The highest BCUT2D eigenvalue weighted by molar-refractivity contribution is 5.18. The largest absolute Gasteiger partial charge is 0.379 e. The van der Waals surface area contributed by atoms with E-state index in [9.17, 15) is 0 Å². The Morgan fingerprint density at radius 3 is 2.36 bits per heavy atom. The summed E-state index contributed by atoms with van der Waals surface area (Å²) in [6, 6.07) is 10.8. The molecule has 3 unspecified atom stereocenters. The Hall–Kier alpha value is -1.02. The van der Waals surface area contributed by atoms with Crippen LogP contribution in [0.2, 0.25) is 0 Å². The van der Waals surface area contributed by atoms with Gasteiger partial charge in [0.1, 0.15) is 0 Å². The second-order valence-corrected chi connectivity index (χ2v) is 5.57. The Morgan fingerprint density at radius 2 is 1.64 bits per heavy atom. The highest BCUT2D eigenvalue weighted by Crippen LogP contribution is 2.20. The molecule has 0 bridgehead atoms. The van der Waals surface area contributed by atoms with Crippen LogP contribution in [0.4, 0.5) is 0 Å². The van der Waals surface area contributed by atoms with Gasteiger partial charge in [0.2, 0.25) is 0 Å². The van der Waals surface area contributed by atoms with Gasteiger partial charge in [-0.1, -0.05) is 43.2 Å². The number of hydrogen-bond acceptors (Lipinski definition) is 6. The second-order valence-electron chi connectivity index (χ2n) is 5.57. The molecule has 0 radical (unpaired) electrons. The van der Waals surface area contributed by atoms with Gasteiger partial charge in [0.15, 0.2) is 0 Å². The summed E-state index contributed by atoms with van der Waals surface area (Å²) >= 11 is 0. The van der Waals surface area contributed by atoms with Crippen LogP contribution in [0, 0.1) is 0 Å². The van der Waals surface area contributed by atoms with Crippen molar-refractivity contribution in [3.63, 3.8) is 0 Å². The fourth-order valence-electron chi connectivity index (χ4n) is 2.84. The Kier molecular flexibility index (Phi) is 7.79. The average Bonchev–Trinajstić information content (AvgIpc) is 2.56. The maximum Gasteiger partial charge on any atom is 0.0971 e. The van der Waals surface area contributed by atoms with Crippen molar-refractivity contribution in [1.29, 1.82) is 0 Å². The lowest BCUT2D eigenvalue weighted by atomic mass is 9.99. The van der Waals surface area contributed by atoms with E-state index >= 15 is 0 Å². The fourth-order valence-corrected chi connectivity index (χ4v) is 2.84. The summed E-state index contributed by atoms with van der Waals surface area (Å²) in [5.74, 6) is 0. The van der Waals surface area contributed by atoms with Gasteiger partial charge in [0, 0.05) is 26.8 Å². The molecular formula is C16H28N4O2. The van der Waals surface area contributed by atoms with Crippen LogP contribution >= 0.6 is 0 Å². The van der Waals surface area contributed by atoms with E-state index in [0.717, 1.165) is 25.7 Å². The summed E-state index contributed by atoms with van der Waals surface area (Å²) in [5.41, 5.74) is 13.7. The summed E-state index contributed by atoms with van der Waals surface area (Å²) in [6.45, 7) is 0.666. The van der Waals surface area contributed by atoms with Gasteiger partial charge in [-0.25, -0.2) is 10.9 Å². The molecule has 1 heterocycles. The van der Waals surface area contributed by atoms with E-state index in [1.807, 2.05) is 6.07 Å². The maximum atomic E-state index is 5.58. The second kappa shape index (κ2) is 9.89. The van der Waals surface area contributed by atoms with Gasteiger partial charge in [-0.05, 0) is 18.4 Å². The molecule has 6 nitrogen and oxygen atoms in total. The van der Waals surface area contributed by atoms with E-state index < -0.39 is 0 Å². The predicted octanol–water partition coefficient (Wildman–Crippen LogP) is 1.44. The molecular weight excluding hydrogens is 280 g/mol. The van der Waals surface area contributed by atoms with Gasteiger partial charge in [-0.3, -0.25) is 0 Å². The number of rotatable bonds is 3. The van der Waals surface area contributed by atoms with Crippen LogP contribution < -0.4 is 21.9 Å². The average molecular weight is 308 g/mol. The van der Waals surface area contributed by atoms with Gasteiger partial charge >= 0.3 is 0 Å². The molecule has 0 saturated carbocycles. The first-order valence-corrected chi connectivity index (χ1v) is 7.94. The standard InChI is InChI=1S/C16H28N4O2/c1-21-15-11-7-6-10-14(13-8-4-3-5-9-13)18-20-19-17-12-16(15)22-2/h3-5,8-9,14-20H,6-7,10-12H2,1-2H3. The molecule has 6 heteroatoms. The van der Waals surface area contributed by atoms with Crippen molar-refractivity contribution in [2.24, 2.45) is 0 Å². The Morgan fingerprint density at radius 1 is 0.909 bits per heavy atom. The topological polar surface area (TPSA) is 66.6 Å². The van der Waals surface area contributed by atoms with E-state index in [2.05, 4.69) is 46.2 Å². The third kappa shape index (κ3) is 5.31. The minimum atomic E-state index is 0.0312. The van der Waals surface area contributed by atoms with Crippen molar-refractivity contribution >= 4 is 0 Å². The van der Waals surface area contributed by atoms with Gasteiger partial charge < -0.3 is 9.47 Å². The zero-order valence-corrected chi connectivity index (χ0v) is 13.5. The smallest absolute Gasteiger partial charge is 0.0971 e. The first kappa shape index (κ1) is 17.3. The molecule has 0 aromatic heterocycles. The highest BCUT2D eigenvalue weighted by atomic mass is 16.5. The molecule has 1 aromatic rings. The van der Waals surface area contributed by atoms with E-state index in [1.165, 1.54) is 5.56 Å². The lowest BCUT2D eigenvalue weighted by Crippen LogP contribution is -2.54. The van der Waals surface area contributed by atoms with Gasteiger partial charge in [0.05, 0.1) is 12.2 Å². The van der Waals surface area contributed by atoms with Gasteiger partial charge in [-0.15, -0.1) is 0 Å². The van der Waals surface area contributed by atoms with Crippen molar-refractivity contribution in [2.45, 2.75) is 43.9 Å². The minimum absolute atomic E-state index is 0.0312. The first-order valence-electron chi connectivity index (χ1n) is 7.94. The normalized spacial score (nSPS) is 28.5. The molecule has 0 amide bonds. The van der Waals surface area contributed by atoms with Crippen LogP contribution in [0.5, 0.6) is 0 Å². The highest BCUT2D eigenvalue weighted by Gasteiger charge is 2.21. The molecule has 1 aromatic carbocycles. The molecule has 0 aliphatic carbocycles. The molecule has 1 saturated heterocycles. The predicted molar refractivity (Wildman–Crippen MR) is 86.7 cm³/mol. The van der Waals surface area contributed by atoms with E-state index in [1.54, 1.807) is 14.2 Å². The minimum Gasteiger partial charge on any atom is -0.379 e. The number of nitrogens with one attached hydrogen (secondary N) is 4. The molecule has 2 rings (SSSR count). The lowest BCUT2D eigenvalue weighted by molar-refractivity contribution is -0.0419. The van der Waals surface area contributed by atoms with Gasteiger partial charge in [0.25, 0.3) is 0 Å². The summed E-state index contributed by atoms with van der Waals surface area (Å²) in [7, 11) is 3.48. The molecule has 0 spiro atoms. The Balaban J connectivity index is 1.94. The molecule has 1 aliphatic heterocycles. The third-order valence-electron chi connectivity index (χ3n) is 4.15. The Labute approximate surface area is 132 Å². The van der Waals surface area contributed by atoms with Crippen molar-refractivity contribution < 1.29 is 9.47 Å². The molecule has 22 heavy (non-hydrogen) atoms. The molecule has 124 valence electrons. The van der Waals surface area contributed by atoms with Crippen LogP contribution in [0.25, 0.3) is 0 Å². The van der Waals surface area contributed by atoms with Crippen LogP contribution in [-0.4, -0.2) is 33.0 Å². The van der Waals surface area contributed by atoms with E-state index in [0.29, 0.717) is 6.54 Å². The van der Waals surface area contributed by atoms with Crippen molar-refractivity contribution in [1.82, 2.24) is 21.9 Å². The summed E-state index contributed by atoms with van der Waals surface area (Å²) in [4.78, 5) is 0. The lowest BCUT2D eigenvalue weighted by Gasteiger charge is -2.27. The van der Waals surface area contributed by atoms with Crippen LogP contribution in [-0.2, 0) is 9.47 Å². The quantitative estimate of drug-likeness (QED) is 0.677. The van der Waals surface area contributed by atoms with Crippen LogP contribution in [0.3, 0.4) is 0 Å². The van der Waals surface area contributed by atoms with E-state index in [4.69, 9.17) is 9.47 Å². The fraction of sp³-hybridized carbons (Fsp3) is 0.625. The third-order valence-corrected chi connectivity index (χ3v) is 4.15. The van der Waals surface area contributed by atoms with Crippen molar-refractivity contribution in [3.8, 4) is 0 Å². The number of ether oxygens (including phenoxy) is 2. The summed E-state index contributed by atoms with van der Waals surface area (Å²) < 4.78 is 11.1. The summed E-state index contributed by atoms with van der Waals surface area (Å²) in [5, 5.41) is 0. The molecule has 1 aliphatic rings. The number of hydrazine groups is 3. The zero-order chi connectivity index (χ0) is 15.6. The van der Waals surface area contributed by atoms with E-state index in [-0.39, 0.29) is 18.2 Å². The SMILES string of the molecule is COC1CCCCC(c2ccccc2)NNNNCC1OC. The number of methoxy groups -OCH3 is 2. The monoisotopic (exact) mass is 308 g/mol. The molecule has 3 atom stereocenters. The number of benzene rings is 1. The number of hydrogen-bond donors (Lipinski definition) is 4. The Bertz CT molecular complexity index is 404. The summed E-state index contributed by atoms with van der Waals surface area (Å²) in [6.07, 6.45) is 4.47. The van der Waals surface area contributed by atoms with Gasteiger partial charge in [-0.2, -0.15) is 11.1 Å². The molecule has 4 N–H and O–H groups in total. The van der Waals surface area contributed by atoms with Crippen molar-refractivity contribution in [2.75, 3.05) is 20.8 Å². The van der Waals surface area contributed by atoms with Crippen molar-refractivity contribution in [3.05, 3.63) is 35.9 Å². The molecule has 1 fully saturated rings. The van der Waals surface area contributed by atoms with Crippen LogP contribution in [0.1, 0.15) is 37.3 Å².